The first-order chi connectivity index (χ1) is 9.45. The molecular weight excluding hydrogens is 276 g/mol. The molecule has 0 aromatic heterocycles. The average Bonchev–Trinajstić information content (AvgIpc) is 2.43. The summed E-state index contributed by atoms with van der Waals surface area (Å²) in [4.78, 5) is 25.2. The van der Waals surface area contributed by atoms with Crippen LogP contribution in [0.25, 0.3) is 0 Å². The highest BCUT2D eigenvalue weighted by Crippen LogP contribution is 2.13. The predicted octanol–water partition coefficient (Wildman–Crippen LogP) is 2.38. The Morgan fingerprint density at radius 3 is 2.50 bits per heavy atom. The average molecular weight is 295 g/mol. The summed E-state index contributed by atoms with van der Waals surface area (Å²) < 4.78 is 0. The number of amides is 2. The van der Waals surface area contributed by atoms with Crippen molar-refractivity contribution >= 4 is 23.4 Å². The zero-order chi connectivity index (χ0) is 15.1. The normalized spacial score (nSPS) is 11.6. The summed E-state index contributed by atoms with van der Waals surface area (Å²) in [6.45, 7) is 7.45. The molecule has 2 amide bonds. The van der Waals surface area contributed by atoms with Gasteiger partial charge in [-0.1, -0.05) is 29.8 Å². The van der Waals surface area contributed by atoms with Gasteiger partial charge in [-0.2, -0.15) is 0 Å². The third kappa shape index (κ3) is 4.70. The fraction of sp³-hybridized carbons (Fsp3) is 0.333. The number of hydrogen-bond donors (Lipinski definition) is 1. The minimum atomic E-state index is -0.539. The molecule has 0 bridgehead atoms. The number of carbonyl (C=O) groups excluding carboxylic acids is 2. The molecular formula is C15H19ClN2O2. The molecule has 0 unspecified atom stereocenters. The topological polar surface area (TPSA) is 49.4 Å². The van der Waals surface area contributed by atoms with Crippen molar-refractivity contribution in [3.05, 3.63) is 47.5 Å². The second-order valence-corrected chi connectivity index (χ2v) is 4.92. The third-order valence-corrected chi connectivity index (χ3v) is 3.19. The Morgan fingerprint density at radius 2 is 2.00 bits per heavy atom. The Morgan fingerprint density at radius 1 is 1.40 bits per heavy atom. The lowest BCUT2D eigenvalue weighted by Gasteiger charge is -2.27. The molecule has 0 saturated heterocycles. The van der Waals surface area contributed by atoms with Crippen molar-refractivity contribution in [2.24, 2.45) is 0 Å². The number of benzene rings is 1. The smallest absolute Gasteiger partial charge is 0.242 e. The molecule has 0 spiro atoms. The maximum atomic E-state index is 11.9. The number of halogens is 1. The molecule has 0 heterocycles. The van der Waals surface area contributed by atoms with E-state index in [4.69, 9.17) is 11.6 Å². The summed E-state index contributed by atoms with van der Waals surface area (Å²) in [6, 6.07) is 6.66. The van der Waals surface area contributed by atoms with Gasteiger partial charge in [0.2, 0.25) is 11.8 Å². The summed E-state index contributed by atoms with van der Waals surface area (Å²) in [5.74, 6) is -0.352. The Balaban J connectivity index is 2.78. The van der Waals surface area contributed by atoms with Crippen molar-refractivity contribution in [2.45, 2.75) is 26.4 Å². The van der Waals surface area contributed by atoms with Gasteiger partial charge in [0.25, 0.3) is 0 Å². The van der Waals surface area contributed by atoms with Crippen LogP contribution in [0.15, 0.2) is 36.9 Å². The molecule has 1 atom stereocenters. The summed E-state index contributed by atoms with van der Waals surface area (Å²) in [6.07, 6.45) is 1.60. The summed E-state index contributed by atoms with van der Waals surface area (Å²) >= 11 is 5.83. The Kier molecular flexibility index (Phi) is 6.25. The fourth-order valence-electron chi connectivity index (χ4n) is 1.77. The number of hydrogen-bond acceptors (Lipinski definition) is 2. The lowest BCUT2D eigenvalue weighted by Crippen LogP contribution is -2.46. The molecule has 0 aliphatic rings. The molecule has 1 aromatic rings. The van der Waals surface area contributed by atoms with Crippen LogP contribution in [0.4, 0.5) is 0 Å². The van der Waals surface area contributed by atoms with Crippen molar-refractivity contribution in [1.29, 1.82) is 0 Å². The van der Waals surface area contributed by atoms with Crippen LogP contribution in [-0.2, 0) is 16.1 Å². The first kappa shape index (κ1) is 16.2. The van der Waals surface area contributed by atoms with E-state index in [2.05, 4.69) is 11.9 Å². The molecule has 0 aliphatic carbocycles. The van der Waals surface area contributed by atoms with Crippen LogP contribution in [0.3, 0.4) is 0 Å². The van der Waals surface area contributed by atoms with Gasteiger partial charge in [0.1, 0.15) is 6.04 Å². The molecule has 0 radical (unpaired) electrons. The summed E-state index contributed by atoms with van der Waals surface area (Å²) in [5.41, 5.74) is 0.924. The van der Waals surface area contributed by atoms with Gasteiger partial charge in [-0.3, -0.25) is 9.59 Å². The molecule has 20 heavy (non-hydrogen) atoms. The Bertz CT molecular complexity index is 485. The highest BCUT2D eigenvalue weighted by Gasteiger charge is 2.23. The van der Waals surface area contributed by atoms with Gasteiger partial charge in [0.15, 0.2) is 0 Å². The lowest BCUT2D eigenvalue weighted by atomic mass is 10.1. The van der Waals surface area contributed by atoms with Crippen LogP contribution < -0.4 is 5.32 Å². The second-order valence-electron chi connectivity index (χ2n) is 4.48. The van der Waals surface area contributed by atoms with Crippen molar-refractivity contribution < 1.29 is 9.59 Å². The van der Waals surface area contributed by atoms with Crippen LogP contribution >= 0.6 is 11.6 Å². The number of carbonyl (C=O) groups is 2. The number of nitrogens with zero attached hydrogens (tertiary/aromatic N) is 1. The molecule has 1 aromatic carbocycles. The van der Waals surface area contributed by atoms with Crippen LogP contribution in [0, 0.1) is 0 Å². The molecule has 0 saturated carbocycles. The first-order valence-electron chi connectivity index (χ1n) is 6.36. The molecule has 108 valence electrons. The van der Waals surface area contributed by atoms with Crippen LogP contribution in [0.1, 0.15) is 19.4 Å². The van der Waals surface area contributed by atoms with Crippen LogP contribution in [0.2, 0.25) is 5.02 Å². The van der Waals surface area contributed by atoms with E-state index in [1.807, 2.05) is 12.1 Å². The number of nitrogens with one attached hydrogen (secondary N) is 1. The van der Waals surface area contributed by atoms with Gasteiger partial charge in [-0.25, -0.2) is 0 Å². The molecule has 0 fully saturated rings. The van der Waals surface area contributed by atoms with Gasteiger partial charge in [-0.05, 0) is 24.6 Å². The maximum Gasteiger partial charge on any atom is 0.242 e. The highest BCUT2D eigenvalue weighted by molar-refractivity contribution is 6.30. The molecule has 4 nitrogen and oxygen atoms in total. The van der Waals surface area contributed by atoms with Crippen molar-refractivity contribution in [3.8, 4) is 0 Å². The highest BCUT2D eigenvalue weighted by atomic mass is 35.5. The molecule has 1 N–H and O–H groups in total. The third-order valence-electron chi connectivity index (χ3n) is 2.94. The lowest BCUT2D eigenvalue weighted by molar-refractivity contribution is -0.138. The van der Waals surface area contributed by atoms with Gasteiger partial charge in [0, 0.05) is 25.0 Å². The van der Waals surface area contributed by atoms with Crippen molar-refractivity contribution in [3.63, 3.8) is 0 Å². The molecule has 1 rings (SSSR count). The van der Waals surface area contributed by atoms with E-state index in [1.165, 1.54) is 11.8 Å². The van der Waals surface area contributed by atoms with E-state index >= 15 is 0 Å². The second kappa shape index (κ2) is 7.70. The van der Waals surface area contributed by atoms with Crippen LogP contribution in [-0.4, -0.2) is 29.3 Å². The first-order valence-corrected chi connectivity index (χ1v) is 6.73. The SMILES string of the molecule is C=CCNC(=O)[C@H](C)N(Cc1ccc(Cl)cc1)C(C)=O. The zero-order valence-electron chi connectivity index (χ0n) is 11.7. The molecule has 0 aliphatic heterocycles. The van der Waals surface area contributed by atoms with Gasteiger partial charge >= 0.3 is 0 Å². The fourth-order valence-corrected chi connectivity index (χ4v) is 1.90. The molecule has 5 heteroatoms. The van der Waals surface area contributed by atoms with Gasteiger partial charge < -0.3 is 10.2 Å². The predicted molar refractivity (Wildman–Crippen MR) is 80.3 cm³/mol. The van der Waals surface area contributed by atoms with E-state index in [9.17, 15) is 9.59 Å². The van der Waals surface area contributed by atoms with Gasteiger partial charge in [-0.15, -0.1) is 6.58 Å². The Labute approximate surface area is 124 Å². The van der Waals surface area contributed by atoms with Crippen molar-refractivity contribution in [2.75, 3.05) is 6.54 Å². The standard InChI is InChI=1S/C15H19ClN2O2/c1-4-9-17-15(20)11(2)18(12(3)19)10-13-5-7-14(16)8-6-13/h4-8,11H,1,9-10H2,2-3H3,(H,17,20)/t11-/m0/s1. The van der Waals surface area contributed by atoms with Crippen molar-refractivity contribution in [1.82, 2.24) is 10.2 Å². The summed E-state index contributed by atoms with van der Waals surface area (Å²) in [7, 11) is 0. The zero-order valence-corrected chi connectivity index (χ0v) is 12.5. The van der Waals surface area contributed by atoms with Gasteiger partial charge in [0.05, 0.1) is 0 Å². The minimum absolute atomic E-state index is 0.152. The Hall–Kier alpha value is -1.81. The largest absolute Gasteiger partial charge is 0.351 e. The minimum Gasteiger partial charge on any atom is -0.351 e. The summed E-state index contributed by atoms with van der Waals surface area (Å²) in [5, 5.41) is 3.33. The van der Waals surface area contributed by atoms with E-state index in [1.54, 1.807) is 25.1 Å². The maximum absolute atomic E-state index is 11.9. The van der Waals surface area contributed by atoms with E-state index in [0.29, 0.717) is 18.1 Å². The van der Waals surface area contributed by atoms with E-state index in [0.717, 1.165) is 5.56 Å². The monoisotopic (exact) mass is 294 g/mol. The van der Waals surface area contributed by atoms with E-state index < -0.39 is 6.04 Å². The van der Waals surface area contributed by atoms with Crippen LogP contribution in [0.5, 0.6) is 0 Å². The number of rotatable bonds is 6. The van der Waals surface area contributed by atoms with E-state index in [-0.39, 0.29) is 11.8 Å². The quantitative estimate of drug-likeness (QED) is 0.819.